The van der Waals surface area contributed by atoms with Gasteiger partial charge in [-0.15, -0.1) is 11.3 Å². The molecule has 3 heterocycles. The van der Waals surface area contributed by atoms with Gasteiger partial charge in [0.25, 0.3) is 0 Å². The van der Waals surface area contributed by atoms with Crippen LogP contribution in [-0.4, -0.2) is 31.0 Å². The van der Waals surface area contributed by atoms with E-state index in [4.69, 9.17) is 11.6 Å². The van der Waals surface area contributed by atoms with E-state index in [0.29, 0.717) is 22.7 Å². The number of halogens is 1. The number of nitrogens with zero attached hydrogens (tertiary/aromatic N) is 5. The fraction of sp³-hybridized carbons (Fsp3) is 0.167. The van der Waals surface area contributed by atoms with Gasteiger partial charge in [0.05, 0.1) is 9.90 Å². The summed E-state index contributed by atoms with van der Waals surface area (Å²) in [7, 11) is 0. The zero-order valence-electron chi connectivity index (χ0n) is 10.6. The minimum atomic E-state index is 0.507. The van der Waals surface area contributed by atoms with Crippen molar-refractivity contribution in [2.45, 2.75) is 6.92 Å². The van der Waals surface area contributed by atoms with Crippen LogP contribution in [0, 0.1) is 0 Å². The quantitative estimate of drug-likeness (QED) is 0.802. The van der Waals surface area contributed by atoms with E-state index in [1.165, 1.54) is 11.3 Å². The third-order valence-corrected chi connectivity index (χ3v) is 3.85. The molecule has 0 saturated carbocycles. The van der Waals surface area contributed by atoms with Crippen molar-refractivity contribution in [3.8, 4) is 16.6 Å². The molecule has 0 spiro atoms. The molecule has 1 N–H and O–H groups in total. The molecule has 0 atom stereocenters. The molecule has 20 heavy (non-hydrogen) atoms. The van der Waals surface area contributed by atoms with Crippen LogP contribution >= 0.6 is 22.9 Å². The summed E-state index contributed by atoms with van der Waals surface area (Å²) >= 11 is 7.65. The Morgan fingerprint density at radius 3 is 2.90 bits per heavy atom. The second-order valence-corrected chi connectivity index (χ2v) is 5.20. The van der Waals surface area contributed by atoms with Crippen LogP contribution in [0.1, 0.15) is 6.92 Å². The van der Waals surface area contributed by atoms with Crippen LogP contribution in [0.2, 0.25) is 5.02 Å². The number of anilines is 1. The van der Waals surface area contributed by atoms with Gasteiger partial charge in [0.1, 0.15) is 6.33 Å². The summed E-state index contributed by atoms with van der Waals surface area (Å²) < 4.78 is 1.73. The lowest BCUT2D eigenvalue weighted by Crippen LogP contribution is -2.08. The van der Waals surface area contributed by atoms with Crippen LogP contribution < -0.4 is 5.32 Å². The number of imidazole rings is 1. The van der Waals surface area contributed by atoms with Crippen LogP contribution in [0.5, 0.6) is 0 Å². The van der Waals surface area contributed by atoms with Gasteiger partial charge in [0.2, 0.25) is 11.9 Å². The molecule has 0 unspecified atom stereocenters. The van der Waals surface area contributed by atoms with Crippen molar-refractivity contribution in [1.29, 1.82) is 0 Å². The summed E-state index contributed by atoms with van der Waals surface area (Å²) in [6, 6.07) is 1.83. The van der Waals surface area contributed by atoms with Crippen LogP contribution in [0.4, 0.5) is 5.95 Å². The van der Waals surface area contributed by atoms with E-state index in [-0.39, 0.29) is 0 Å². The topological polar surface area (TPSA) is 68.5 Å². The van der Waals surface area contributed by atoms with Gasteiger partial charge >= 0.3 is 0 Å². The van der Waals surface area contributed by atoms with Crippen molar-refractivity contribution in [2.75, 3.05) is 11.9 Å². The molecule has 0 fully saturated rings. The molecule has 0 radical (unpaired) electrons. The number of rotatable bonds is 4. The lowest BCUT2D eigenvalue weighted by Gasteiger charge is -2.07. The fourth-order valence-electron chi connectivity index (χ4n) is 1.65. The Labute approximate surface area is 124 Å². The van der Waals surface area contributed by atoms with Crippen LogP contribution in [-0.2, 0) is 0 Å². The lowest BCUT2D eigenvalue weighted by molar-refractivity contribution is 0.898. The van der Waals surface area contributed by atoms with E-state index < -0.39 is 0 Å². The molecular weight excluding hydrogens is 296 g/mol. The maximum Gasteiger partial charge on any atom is 0.240 e. The van der Waals surface area contributed by atoms with Crippen molar-refractivity contribution >= 4 is 28.9 Å². The molecule has 3 aromatic rings. The van der Waals surface area contributed by atoms with E-state index >= 15 is 0 Å². The fourth-order valence-corrected chi connectivity index (χ4v) is 2.72. The van der Waals surface area contributed by atoms with Crippen LogP contribution in [0.25, 0.3) is 16.6 Å². The Morgan fingerprint density at radius 1 is 1.35 bits per heavy atom. The summed E-state index contributed by atoms with van der Waals surface area (Å²) in [6.07, 6.45) is 5.10. The average Bonchev–Trinajstić information content (AvgIpc) is 3.09. The molecule has 6 nitrogen and oxygen atoms in total. The Bertz CT molecular complexity index is 709. The van der Waals surface area contributed by atoms with E-state index in [1.807, 2.05) is 18.4 Å². The smallest absolute Gasteiger partial charge is 0.240 e. The number of hydrogen-bond donors (Lipinski definition) is 1. The van der Waals surface area contributed by atoms with Gasteiger partial charge in [-0.3, -0.25) is 4.57 Å². The summed E-state index contributed by atoms with van der Waals surface area (Å²) in [6.45, 7) is 2.71. The normalized spacial score (nSPS) is 10.7. The van der Waals surface area contributed by atoms with Crippen LogP contribution in [0.15, 0.2) is 30.2 Å². The predicted octanol–water partition coefficient (Wildman–Crippen LogP) is 2.87. The van der Waals surface area contributed by atoms with Crippen molar-refractivity contribution in [3.05, 3.63) is 35.2 Å². The third kappa shape index (κ3) is 2.50. The Kier molecular flexibility index (Phi) is 3.62. The SMILES string of the molecule is CCNc1nc(-c2sccc2Cl)nc(-n2ccnc2)n1. The van der Waals surface area contributed by atoms with E-state index in [2.05, 4.69) is 25.3 Å². The van der Waals surface area contributed by atoms with Gasteiger partial charge in [-0.1, -0.05) is 11.6 Å². The van der Waals surface area contributed by atoms with Gasteiger partial charge in [0, 0.05) is 18.9 Å². The molecule has 3 rings (SSSR count). The molecule has 8 heteroatoms. The second kappa shape index (κ2) is 5.56. The summed E-state index contributed by atoms with van der Waals surface area (Å²) in [5.41, 5.74) is 0. The highest BCUT2D eigenvalue weighted by molar-refractivity contribution is 7.14. The first-order valence-electron chi connectivity index (χ1n) is 5.99. The summed E-state index contributed by atoms with van der Waals surface area (Å²) in [4.78, 5) is 18.0. The lowest BCUT2D eigenvalue weighted by atomic mass is 10.4. The Hall–Kier alpha value is -1.99. The Balaban J connectivity index is 2.12. The predicted molar refractivity (Wildman–Crippen MR) is 79.4 cm³/mol. The standard InChI is InChI=1S/C12H11ClN6S/c1-2-15-11-16-10(9-8(13)3-6-20-9)17-12(18-11)19-5-4-14-7-19/h3-7H,2H2,1H3,(H,15,16,17,18). The van der Waals surface area contributed by atoms with E-state index in [0.717, 1.165) is 11.4 Å². The van der Waals surface area contributed by atoms with Crippen molar-refractivity contribution < 1.29 is 0 Å². The zero-order chi connectivity index (χ0) is 13.9. The van der Waals surface area contributed by atoms with Gasteiger partial charge < -0.3 is 5.32 Å². The molecule has 0 aliphatic heterocycles. The molecule has 0 aromatic carbocycles. The molecule has 0 aliphatic rings. The zero-order valence-corrected chi connectivity index (χ0v) is 12.2. The van der Waals surface area contributed by atoms with Crippen molar-refractivity contribution in [1.82, 2.24) is 24.5 Å². The summed E-state index contributed by atoms with van der Waals surface area (Å²) in [5, 5.41) is 5.64. The highest BCUT2D eigenvalue weighted by atomic mass is 35.5. The number of aromatic nitrogens is 5. The maximum absolute atomic E-state index is 6.15. The summed E-state index contributed by atoms with van der Waals surface area (Å²) in [5.74, 6) is 1.58. The largest absolute Gasteiger partial charge is 0.354 e. The first kappa shape index (κ1) is 13.0. The van der Waals surface area contributed by atoms with E-state index in [1.54, 1.807) is 23.3 Å². The highest BCUT2D eigenvalue weighted by Crippen LogP contribution is 2.31. The molecule has 3 aromatic heterocycles. The van der Waals surface area contributed by atoms with E-state index in [9.17, 15) is 0 Å². The van der Waals surface area contributed by atoms with Crippen LogP contribution in [0.3, 0.4) is 0 Å². The number of hydrogen-bond acceptors (Lipinski definition) is 6. The van der Waals surface area contributed by atoms with Crippen molar-refractivity contribution in [2.24, 2.45) is 0 Å². The molecule has 0 bridgehead atoms. The van der Waals surface area contributed by atoms with Gasteiger partial charge in [-0.25, -0.2) is 4.98 Å². The Morgan fingerprint density at radius 2 is 2.25 bits per heavy atom. The molecule has 0 saturated heterocycles. The first-order chi connectivity index (χ1) is 9.78. The molecular formula is C12H11ClN6S. The average molecular weight is 307 g/mol. The highest BCUT2D eigenvalue weighted by Gasteiger charge is 2.13. The molecule has 0 amide bonds. The maximum atomic E-state index is 6.15. The molecule has 102 valence electrons. The van der Waals surface area contributed by atoms with Gasteiger partial charge in [-0.05, 0) is 18.4 Å². The number of thiophene rings is 1. The third-order valence-electron chi connectivity index (χ3n) is 2.51. The van der Waals surface area contributed by atoms with Gasteiger partial charge in [-0.2, -0.15) is 15.0 Å². The second-order valence-electron chi connectivity index (χ2n) is 3.88. The number of nitrogens with one attached hydrogen (secondary N) is 1. The monoisotopic (exact) mass is 306 g/mol. The van der Waals surface area contributed by atoms with Gasteiger partial charge in [0.15, 0.2) is 5.82 Å². The minimum Gasteiger partial charge on any atom is -0.354 e. The first-order valence-corrected chi connectivity index (χ1v) is 7.25. The minimum absolute atomic E-state index is 0.507. The van der Waals surface area contributed by atoms with Crippen molar-refractivity contribution in [3.63, 3.8) is 0 Å². The molecule has 0 aliphatic carbocycles.